The van der Waals surface area contributed by atoms with E-state index >= 15 is 0 Å². The van der Waals surface area contributed by atoms with Crippen molar-refractivity contribution >= 4 is 5.97 Å². The first-order valence-electron chi connectivity index (χ1n) is 11.9. The number of carboxylic acid groups (broad SMARTS) is 1. The SMILES string of the molecule is CO[C@@]12CC[C@@H](N[C@@H](CCCCN)C(=O)O)[C@@H]3Oc4c(O)ccc5c4[C@@]31CCN(C)[C@@H]2C5. The van der Waals surface area contributed by atoms with Crippen molar-refractivity contribution in [1.82, 2.24) is 10.2 Å². The van der Waals surface area contributed by atoms with Gasteiger partial charge in [-0.3, -0.25) is 10.1 Å². The molecule has 8 nitrogen and oxygen atoms in total. The lowest BCUT2D eigenvalue weighted by atomic mass is 9.48. The molecule has 176 valence electrons. The molecule has 2 bridgehead atoms. The third-order valence-corrected chi connectivity index (χ3v) is 8.71. The van der Waals surface area contributed by atoms with Crippen molar-refractivity contribution in [2.75, 3.05) is 27.2 Å². The van der Waals surface area contributed by atoms with Gasteiger partial charge in [0.1, 0.15) is 12.1 Å². The second-order valence-corrected chi connectivity index (χ2v) is 9.99. The van der Waals surface area contributed by atoms with E-state index in [0.717, 1.165) is 50.6 Å². The number of nitrogens with zero attached hydrogens (tertiary/aromatic N) is 1. The Balaban J connectivity index is 1.56. The van der Waals surface area contributed by atoms with Crippen LogP contribution in [0.5, 0.6) is 11.5 Å². The van der Waals surface area contributed by atoms with Crippen LogP contribution in [-0.2, 0) is 21.4 Å². The fraction of sp³-hybridized carbons (Fsp3) is 0.708. The Kier molecular flexibility index (Phi) is 5.40. The molecular weight excluding hydrogens is 410 g/mol. The van der Waals surface area contributed by atoms with Crippen LogP contribution in [0.3, 0.4) is 0 Å². The molecule has 32 heavy (non-hydrogen) atoms. The van der Waals surface area contributed by atoms with Crippen LogP contribution in [0.25, 0.3) is 0 Å². The van der Waals surface area contributed by atoms with Gasteiger partial charge in [-0.2, -0.15) is 0 Å². The average molecular weight is 446 g/mol. The van der Waals surface area contributed by atoms with Crippen LogP contribution >= 0.6 is 0 Å². The summed E-state index contributed by atoms with van der Waals surface area (Å²) in [7, 11) is 3.97. The molecular formula is C24H35N3O5. The first-order chi connectivity index (χ1) is 15.4. The minimum Gasteiger partial charge on any atom is -0.504 e. The summed E-state index contributed by atoms with van der Waals surface area (Å²) in [5.41, 5.74) is 7.08. The topological polar surface area (TPSA) is 117 Å². The first-order valence-corrected chi connectivity index (χ1v) is 11.9. The number of likely N-dealkylation sites (N-methyl/N-ethyl adjacent to an activating group) is 1. The fourth-order valence-corrected chi connectivity index (χ4v) is 7.34. The second-order valence-electron chi connectivity index (χ2n) is 9.99. The molecule has 1 spiro atoms. The van der Waals surface area contributed by atoms with E-state index in [2.05, 4.69) is 17.3 Å². The van der Waals surface area contributed by atoms with E-state index in [1.54, 1.807) is 13.2 Å². The molecule has 5 N–H and O–H groups in total. The fourth-order valence-electron chi connectivity index (χ4n) is 7.34. The zero-order valence-electron chi connectivity index (χ0n) is 19.0. The number of likely N-dealkylation sites (tertiary alicyclic amines) is 1. The maximum atomic E-state index is 12.0. The monoisotopic (exact) mass is 445 g/mol. The quantitative estimate of drug-likeness (QED) is 0.443. The number of benzene rings is 1. The maximum Gasteiger partial charge on any atom is 0.320 e. The number of rotatable bonds is 8. The summed E-state index contributed by atoms with van der Waals surface area (Å²) in [6.45, 7) is 1.48. The van der Waals surface area contributed by atoms with Gasteiger partial charge in [-0.15, -0.1) is 0 Å². The van der Waals surface area contributed by atoms with Crippen molar-refractivity contribution in [2.24, 2.45) is 5.73 Å². The first kappa shape index (κ1) is 21.9. The van der Waals surface area contributed by atoms with Crippen LogP contribution in [0.15, 0.2) is 12.1 Å². The molecule has 1 aromatic rings. The second kappa shape index (κ2) is 7.87. The van der Waals surface area contributed by atoms with E-state index in [1.165, 1.54) is 5.56 Å². The van der Waals surface area contributed by atoms with E-state index < -0.39 is 23.0 Å². The van der Waals surface area contributed by atoms with Crippen LogP contribution in [0.2, 0.25) is 0 Å². The number of nitrogens with two attached hydrogens (primary N) is 1. The molecule has 2 heterocycles. The average Bonchev–Trinajstić information content (AvgIpc) is 3.14. The van der Waals surface area contributed by atoms with Gasteiger partial charge in [0.15, 0.2) is 11.5 Å². The molecule has 8 heteroatoms. The Morgan fingerprint density at radius 2 is 2.22 bits per heavy atom. The lowest BCUT2D eigenvalue weighted by molar-refractivity contribution is -0.204. The maximum absolute atomic E-state index is 12.0. The van der Waals surface area contributed by atoms with Crippen LogP contribution < -0.4 is 15.8 Å². The van der Waals surface area contributed by atoms with Crippen LogP contribution in [-0.4, -0.2) is 78.2 Å². The summed E-state index contributed by atoms with van der Waals surface area (Å²) in [6.07, 6.45) is 5.12. The molecule has 0 unspecified atom stereocenters. The number of methoxy groups -OCH3 is 1. The van der Waals surface area contributed by atoms with Gasteiger partial charge in [-0.05, 0) is 70.3 Å². The Morgan fingerprint density at radius 1 is 1.41 bits per heavy atom. The van der Waals surface area contributed by atoms with Crippen LogP contribution in [0.4, 0.5) is 0 Å². The molecule has 5 rings (SSSR count). The van der Waals surface area contributed by atoms with Gasteiger partial charge in [0.2, 0.25) is 0 Å². The van der Waals surface area contributed by atoms with Crippen LogP contribution in [0, 0.1) is 0 Å². The van der Waals surface area contributed by atoms with Gasteiger partial charge in [0.25, 0.3) is 0 Å². The molecule has 2 fully saturated rings. The van der Waals surface area contributed by atoms with Gasteiger partial charge < -0.3 is 30.3 Å². The van der Waals surface area contributed by atoms with E-state index in [1.807, 2.05) is 6.07 Å². The summed E-state index contributed by atoms with van der Waals surface area (Å²) in [5, 5.41) is 24.0. The highest BCUT2D eigenvalue weighted by Gasteiger charge is 2.73. The number of nitrogens with one attached hydrogen (secondary N) is 1. The molecule has 4 aliphatic rings. The molecule has 2 aliphatic carbocycles. The van der Waals surface area contributed by atoms with Gasteiger partial charge >= 0.3 is 5.97 Å². The minimum absolute atomic E-state index is 0.140. The van der Waals surface area contributed by atoms with Crippen molar-refractivity contribution < 1.29 is 24.5 Å². The largest absolute Gasteiger partial charge is 0.504 e. The predicted molar refractivity (Wildman–Crippen MR) is 119 cm³/mol. The predicted octanol–water partition coefficient (Wildman–Crippen LogP) is 1.37. The molecule has 1 aromatic carbocycles. The number of phenolic OH excluding ortho intramolecular Hbond substituents is 1. The number of carbonyl (C=O) groups is 1. The Bertz CT molecular complexity index is 910. The lowest BCUT2D eigenvalue weighted by Gasteiger charge is -2.65. The van der Waals surface area contributed by atoms with Crippen LogP contribution in [0.1, 0.15) is 49.7 Å². The third-order valence-electron chi connectivity index (χ3n) is 8.71. The van der Waals surface area contributed by atoms with Crippen molar-refractivity contribution in [2.45, 2.75) is 80.2 Å². The standard InChI is InChI=1S/C24H35N3O5/c1-27-12-10-23-19-14-6-7-17(28)20(19)32-21(23)15(8-9-24(23,31-2)18(27)13-14)26-16(22(29)30)5-3-4-11-25/h6-7,15-16,18,21,26,28H,3-5,8-13,25H2,1-2H3,(H,29,30)/t15-,16+,18-,21+,23+,24-/m1/s1. The number of phenols is 1. The van der Waals surface area contributed by atoms with Crippen molar-refractivity contribution in [3.05, 3.63) is 23.3 Å². The highest BCUT2D eigenvalue weighted by atomic mass is 16.5. The van der Waals surface area contributed by atoms with E-state index in [9.17, 15) is 15.0 Å². The molecule has 1 saturated heterocycles. The highest BCUT2D eigenvalue weighted by Crippen LogP contribution is 2.66. The number of unbranched alkanes of at least 4 members (excludes halogenated alkanes) is 1. The van der Waals surface area contributed by atoms with Crippen molar-refractivity contribution in [1.29, 1.82) is 0 Å². The van der Waals surface area contributed by atoms with Gasteiger partial charge in [0.05, 0.1) is 11.0 Å². The minimum atomic E-state index is -0.841. The molecule has 0 radical (unpaired) electrons. The zero-order valence-corrected chi connectivity index (χ0v) is 19.0. The van der Waals surface area contributed by atoms with Gasteiger partial charge in [-0.25, -0.2) is 0 Å². The summed E-state index contributed by atoms with van der Waals surface area (Å²) >= 11 is 0. The number of ether oxygens (including phenoxy) is 2. The number of hydrogen-bond donors (Lipinski definition) is 4. The molecule has 1 saturated carbocycles. The molecule has 6 atom stereocenters. The Labute approximate surface area is 189 Å². The summed E-state index contributed by atoms with van der Waals surface area (Å²) in [4.78, 5) is 14.4. The molecule has 0 amide bonds. The number of piperidine rings is 1. The smallest absolute Gasteiger partial charge is 0.320 e. The van der Waals surface area contributed by atoms with Crippen molar-refractivity contribution in [3.63, 3.8) is 0 Å². The summed E-state index contributed by atoms with van der Waals surface area (Å²) in [6, 6.07) is 3.18. The Hall–Kier alpha value is -1.87. The van der Waals surface area contributed by atoms with E-state index in [4.69, 9.17) is 15.2 Å². The molecule has 2 aliphatic heterocycles. The van der Waals surface area contributed by atoms with Crippen molar-refractivity contribution in [3.8, 4) is 11.5 Å². The van der Waals surface area contributed by atoms with Gasteiger partial charge in [-0.1, -0.05) is 12.5 Å². The normalized spacial score (nSPS) is 35.8. The number of aromatic hydroxyl groups is 1. The number of hydrogen-bond acceptors (Lipinski definition) is 7. The zero-order chi connectivity index (χ0) is 22.7. The summed E-state index contributed by atoms with van der Waals surface area (Å²) < 4.78 is 13.0. The highest BCUT2D eigenvalue weighted by molar-refractivity contribution is 5.73. The van der Waals surface area contributed by atoms with E-state index in [0.29, 0.717) is 18.7 Å². The lowest BCUT2D eigenvalue weighted by Crippen LogP contribution is -2.78. The number of carboxylic acids is 1. The van der Waals surface area contributed by atoms with Gasteiger partial charge in [0, 0.05) is 24.8 Å². The third kappa shape index (κ3) is 2.79. The van der Waals surface area contributed by atoms with E-state index in [-0.39, 0.29) is 23.9 Å². The number of aliphatic carboxylic acids is 1. The Morgan fingerprint density at radius 3 is 2.94 bits per heavy atom. The molecule has 0 aromatic heterocycles. The summed E-state index contributed by atoms with van der Waals surface area (Å²) in [5.74, 6) is -0.112.